The molecule has 9 nitrogen and oxygen atoms in total. The maximum Gasteiger partial charge on any atom is 0.357 e. The second kappa shape index (κ2) is 11.6. The lowest BCUT2D eigenvalue weighted by Crippen LogP contribution is -2.58. The van der Waals surface area contributed by atoms with E-state index in [-0.39, 0.29) is 36.7 Å². The van der Waals surface area contributed by atoms with Crippen LogP contribution in [0.1, 0.15) is 55.7 Å². The minimum Gasteiger partial charge on any atom is -0.455 e. The Balaban J connectivity index is 1.54. The molecule has 200 valence electrons. The topological polar surface area (TPSA) is 113 Å². The van der Waals surface area contributed by atoms with E-state index >= 15 is 0 Å². The molecule has 11 heteroatoms. The fourth-order valence-corrected chi connectivity index (χ4v) is 3.65. The van der Waals surface area contributed by atoms with Crippen LogP contribution in [0.25, 0.3) is 0 Å². The lowest BCUT2D eigenvalue weighted by molar-refractivity contribution is -0.124. The number of anilines is 1. The van der Waals surface area contributed by atoms with E-state index in [0.717, 1.165) is 0 Å². The smallest absolute Gasteiger partial charge is 0.357 e. The van der Waals surface area contributed by atoms with Crippen LogP contribution in [0.5, 0.6) is 0 Å². The number of hydrogen-bond donors (Lipinski definition) is 3. The minimum absolute atomic E-state index is 0.0620. The molecular weight excluding hydrogens is 484 g/mol. The average Bonchev–Trinajstić information content (AvgIpc) is 2.86. The number of rotatable bonds is 7. The predicted octanol–water partition coefficient (Wildman–Crippen LogP) is 3.66. The van der Waals surface area contributed by atoms with Crippen molar-refractivity contribution in [3.05, 3.63) is 59.4 Å². The third-order valence-corrected chi connectivity index (χ3v) is 5.69. The van der Waals surface area contributed by atoms with Crippen LogP contribution >= 0.6 is 0 Å². The van der Waals surface area contributed by atoms with E-state index in [4.69, 9.17) is 4.74 Å². The van der Waals surface area contributed by atoms with Gasteiger partial charge >= 0.3 is 12.0 Å². The van der Waals surface area contributed by atoms with E-state index in [2.05, 4.69) is 20.9 Å². The highest BCUT2D eigenvalue weighted by atomic mass is 19.3. The quantitative estimate of drug-likeness (QED) is 0.484. The first-order valence-electron chi connectivity index (χ1n) is 12.1. The van der Waals surface area contributed by atoms with Crippen LogP contribution in [0.2, 0.25) is 0 Å². The number of halogens is 2. The fourth-order valence-electron chi connectivity index (χ4n) is 3.65. The Morgan fingerprint density at radius 3 is 2.51 bits per heavy atom. The van der Waals surface area contributed by atoms with Crippen molar-refractivity contribution in [2.24, 2.45) is 0 Å². The van der Waals surface area contributed by atoms with Gasteiger partial charge in [0.2, 0.25) is 5.91 Å². The van der Waals surface area contributed by atoms with Gasteiger partial charge in [-0.1, -0.05) is 31.2 Å². The number of carbonyl (C=O) groups is 3. The van der Waals surface area contributed by atoms with Gasteiger partial charge in [-0.3, -0.25) is 4.79 Å². The number of aromatic nitrogens is 1. The summed E-state index contributed by atoms with van der Waals surface area (Å²) in [4.78, 5) is 43.3. The summed E-state index contributed by atoms with van der Waals surface area (Å²) in [6.45, 7) is 7.76. The van der Waals surface area contributed by atoms with Crippen LogP contribution in [0.15, 0.2) is 42.6 Å². The summed E-state index contributed by atoms with van der Waals surface area (Å²) in [5.74, 6) is -3.79. The molecule has 1 aromatic carbocycles. The van der Waals surface area contributed by atoms with Gasteiger partial charge in [0, 0.05) is 50.0 Å². The number of pyridine rings is 1. The summed E-state index contributed by atoms with van der Waals surface area (Å²) in [6, 6.07) is 7.78. The number of ether oxygens (including phenoxy) is 1. The second-order valence-corrected chi connectivity index (χ2v) is 9.79. The van der Waals surface area contributed by atoms with Crippen LogP contribution in [-0.4, -0.2) is 59.1 Å². The molecule has 0 spiro atoms. The van der Waals surface area contributed by atoms with Crippen molar-refractivity contribution in [1.29, 1.82) is 0 Å². The fraction of sp³-hybridized carbons (Fsp3) is 0.462. The van der Waals surface area contributed by atoms with Crippen LogP contribution in [-0.2, 0) is 22.0 Å². The lowest BCUT2D eigenvalue weighted by Gasteiger charge is -2.33. The molecule has 1 atom stereocenters. The predicted molar refractivity (Wildman–Crippen MR) is 134 cm³/mol. The number of alkyl halides is 2. The molecule has 1 fully saturated rings. The third-order valence-electron chi connectivity index (χ3n) is 5.69. The summed E-state index contributed by atoms with van der Waals surface area (Å²) in [6.07, 6.45) is 1.12. The lowest BCUT2D eigenvalue weighted by atomic mass is 10.0. The monoisotopic (exact) mass is 517 g/mol. The number of nitrogens with zero attached hydrogens (tertiary/aromatic N) is 2. The molecule has 1 aromatic heterocycles. The molecule has 1 saturated heterocycles. The van der Waals surface area contributed by atoms with Crippen LogP contribution in [0.4, 0.5) is 19.3 Å². The number of urea groups is 1. The Kier molecular flexibility index (Phi) is 8.80. The Hall–Kier alpha value is -3.60. The molecule has 0 radical (unpaired) electrons. The van der Waals surface area contributed by atoms with E-state index in [9.17, 15) is 23.2 Å². The van der Waals surface area contributed by atoms with Gasteiger partial charge in [0.1, 0.15) is 17.3 Å². The molecule has 37 heavy (non-hydrogen) atoms. The van der Waals surface area contributed by atoms with Crippen molar-refractivity contribution in [2.75, 3.05) is 25.0 Å². The zero-order valence-electron chi connectivity index (χ0n) is 21.4. The van der Waals surface area contributed by atoms with E-state index in [1.165, 1.54) is 36.2 Å². The van der Waals surface area contributed by atoms with E-state index < -0.39 is 29.6 Å². The van der Waals surface area contributed by atoms with Crippen LogP contribution in [0.3, 0.4) is 0 Å². The zero-order chi connectivity index (χ0) is 27.2. The zero-order valence-corrected chi connectivity index (χ0v) is 21.4. The largest absolute Gasteiger partial charge is 0.455 e. The molecule has 0 unspecified atom stereocenters. The molecule has 2 aromatic rings. The van der Waals surface area contributed by atoms with Gasteiger partial charge in [0.05, 0.1) is 0 Å². The second-order valence-electron chi connectivity index (χ2n) is 9.79. The van der Waals surface area contributed by atoms with Gasteiger partial charge in [0.25, 0.3) is 5.92 Å². The molecule has 0 bridgehead atoms. The first-order valence-corrected chi connectivity index (χ1v) is 12.1. The highest BCUT2D eigenvalue weighted by Crippen LogP contribution is 2.31. The van der Waals surface area contributed by atoms with E-state index in [0.29, 0.717) is 24.3 Å². The van der Waals surface area contributed by atoms with Crippen molar-refractivity contribution in [2.45, 2.75) is 58.2 Å². The number of carbonyl (C=O) groups excluding carboxylic acids is 3. The van der Waals surface area contributed by atoms with E-state index in [1.54, 1.807) is 39.0 Å². The first-order chi connectivity index (χ1) is 17.4. The van der Waals surface area contributed by atoms with Gasteiger partial charge in [-0.2, -0.15) is 0 Å². The van der Waals surface area contributed by atoms with Gasteiger partial charge in [-0.25, -0.2) is 23.4 Å². The molecule has 1 aliphatic rings. The molecule has 2 heterocycles. The summed E-state index contributed by atoms with van der Waals surface area (Å²) in [5, 5.41) is 8.59. The number of esters is 1. The summed E-state index contributed by atoms with van der Waals surface area (Å²) >= 11 is 0. The number of amides is 3. The molecule has 3 rings (SSSR count). The molecular formula is C26H33F2N5O4. The minimum atomic E-state index is -2.88. The van der Waals surface area contributed by atoms with Crippen molar-refractivity contribution in [3.8, 4) is 0 Å². The molecule has 3 amide bonds. The Morgan fingerprint density at radius 1 is 1.16 bits per heavy atom. The summed E-state index contributed by atoms with van der Waals surface area (Å²) < 4.78 is 32.9. The number of hydrogen-bond acceptors (Lipinski definition) is 6. The van der Waals surface area contributed by atoms with Crippen LogP contribution in [0, 0.1) is 0 Å². The first kappa shape index (κ1) is 28.0. The maximum atomic E-state index is 13.8. The van der Waals surface area contributed by atoms with Crippen molar-refractivity contribution in [1.82, 2.24) is 20.5 Å². The van der Waals surface area contributed by atoms with Gasteiger partial charge in [-0.15, -0.1) is 0 Å². The molecule has 0 aliphatic carbocycles. The van der Waals surface area contributed by atoms with Crippen molar-refractivity contribution in [3.63, 3.8) is 0 Å². The number of piperazine rings is 1. The SMILES string of the molecule is CCC(F)(F)c1ccc(CNC(=O)[C@H]2CN(C(=O)Nc3ccnc(C(=O)OC(C)(C)C)c3)CCN2)cc1. The van der Waals surface area contributed by atoms with Gasteiger partial charge in [0.15, 0.2) is 0 Å². The summed E-state index contributed by atoms with van der Waals surface area (Å²) in [5.41, 5.74) is 0.386. The molecule has 1 aliphatic heterocycles. The normalized spacial score (nSPS) is 16.2. The number of benzene rings is 1. The average molecular weight is 518 g/mol. The third kappa shape index (κ3) is 7.94. The highest BCUT2D eigenvalue weighted by Gasteiger charge is 2.30. The van der Waals surface area contributed by atoms with Crippen molar-refractivity contribution < 1.29 is 27.9 Å². The highest BCUT2D eigenvalue weighted by molar-refractivity contribution is 5.93. The van der Waals surface area contributed by atoms with Gasteiger partial charge in [-0.05, 0) is 38.5 Å². The Labute approximate surface area is 215 Å². The van der Waals surface area contributed by atoms with Crippen LogP contribution < -0.4 is 16.0 Å². The van der Waals surface area contributed by atoms with Crippen molar-refractivity contribution >= 4 is 23.6 Å². The van der Waals surface area contributed by atoms with Gasteiger partial charge < -0.3 is 25.6 Å². The number of nitrogens with one attached hydrogen (secondary N) is 3. The maximum absolute atomic E-state index is 13.8. The standard InChI is InChI=1S/C26H33F2N5O4/c1-5-26(27,28)18-8-6-17(7-9-18)15-31-22(34)21-16-33(13-12-30-21)24(36)32-19-10-11-29-20(14-19)23(35)37-25(2,3)4/h6-11,14,21,30H,5,12-13,15-16H2,1-4H3,(H,31,34)(H,29,32,36)/t21-/m1/s1. The Morgan fingerprint density at radius 2 is 1.86 bits per heavy atom. The molecule has 0 saturated carbocycles. The van der Waals surface area contributed by atoms with E-state index in [1.807, 2.05) is 0 Å². The Bertz CT molecular complexity index is 1120. The summed E-state index contributed by atoms with van der Waals surface area (Å²) in [7, 11) is 0. The molecule has 3 N–H and O–H groups in total.